The fraction of sp³-hybridized carbons (Fsp3) is 0.118. The van der Waals surface area contributed by atoms with Crippen molar-refractivity contribution in [3.8, 4) is 22.5 Å². The predicted molar refractivity (Wildman–Crippen MR) is 103 cm³/mol. The van der Waals surface area contributed by atoms with Gasteiger partial charge in [0.25, 0.3) is 0 Å². The summed E-state index contributed by atoms with van der Waals surface area (Å²) in [5.74, 6) is -2.32. The molecule has 0 saturated carbocycles. The van der Waals surface area contributed by atoms with Gasteiger partial charge in [0.05, 0.1) is 11.4 Å². The van der Waals surface area contributed by atoms with Gasteiger partial charge in [0.2, 0.25) is 5.82 Å². The SMILES string of the molecule is CS(=O)(=O)c1ccc(-c2nc(C(F)(F)F)[nH]c2-c2cc(Br)cc(Br)c2)cc1F. The maximum absolute atomic E-state index is 14.3. The molecule has 0 amide bonds. The molecule has 11 heteroatoms. The maximum Gasteiger partial charge on any atom is 0.449 e. The Morgan fingerprint density at radius 2 is 1.61 bits per heavy atom. The molecule has 3 rings (SSSR count). The zero-order chi connectivity index (χ0) is 20.9. The Balaban J connectivity index is 2.26. The molecule has 0 radical (unpaired) electrons. The highest BCUT2D eigenvalue weighted by molar-refractivity contribution is 9.11. The topological polar surface area (TPSA) is 62.8 Å². The van der Waals surface area contributed by atoms with Crippen LogP contribution in [0.3, 0.4) is 0 Å². The second-order valence-electron chi connectivity index (χ2n) is 5.88. The number of imidazole rings is 1. The Hall–Kier alpha value is -1.72. The van der Waals surface area contributed by atoms with Crippen molar-refractivity contribution in [2.75, 3.05) is 6.26 Å². The molecule has 1 N–H and O–H groups in total. The number of benzene rings is 2. The Bertz CT molecular complexity index is 1150. The number of sulfone groups is 1. The van der Waals surface area contributed by atoms with Crippen molar-refractivity contribution in [3.05, 3.63) is 57.0 Å². The van der Waals surface area contributed by atoms with Crippen LogP contribution in [0.1, 0.15) is 5.82 Å². The minimum absolute atomic E-state index is 0.00254. The number of hydrogen-bond donors (Lipinski definition) is 1. The molecule has 2 aromatic carbocycles. The number of nitrogens with zero attached hydrogens (tertiary/aromatic N) is 1. The number of halogens is 6. The predicted octanol–water partition coefficient (Wildman–Crippen LogP) is 5.83. The van der Waals surface area contributed by atoms with E-state index in [4.69, 9.17) is 0 Å². The molecule has 0 spiro atoms. The molecule has 0 aliphatic carbocycles. The van der Waals surface area contributed by atoms with Gasteiger partial charge in [-0.15, -0.1) is 0 Å². The van der Waals surface area contributed by atoms with Crippen molar-refractivity contribution in [1.29, 1.82) is 0 Å². The van der Waals surface area contributed by atoms with Crippen LogP contribution in [0, 0.1) is 5.82 Å². The zero-order valence-electron chi connectivity index (χ0n) is 13.9. The van der Waals surface area contributed by atoms with Crippen LogP contribution in [-0.2, 0) is 16.0 Å². The first kappa shape index (κ1) is 21.0. The smallest absolute Gasteiger partial charge is 0.334 e. The molecule has 0 atom stereocenters. The number of aromatic nitrogens is 2. The Labute approximate surface area is 174 Å². The van der Waals surface area contributed by atoms with E-state index < -0.39 is 32.6 Å². The molecular formula is C17H10Br2F4N2O2S. The maximum atomic E-state index is 14.3. The van der Waals surface area contributed by atoms with Crippen LogP contribution in [0.25, 0.3) is 22.5 Å². The quantitative estimate of drug-likeness (QED) is 0.424. The minimum atomic E-state index is -4.75. The summed E-state index contributed by atoms with van der Waals surface area (Å²) in [5, 5.41) is 0. The van der Waals surface area contributed by atoms with Gasteiger partial charge in [-0.3, -0.25) is 0 Å². The lowest BCUT2D eigenvalue weighted by Gasteiger charge is -2.07. The largest absolute Gasteiger partial charge is 0.449 e. The van der Waals surface area contributed by atoms with Crippen molar-refractivity contribution in [3.63, 3.8) is 0 Å². The number of H-pyrrole nitrogens is 1. The molecule has 28 heavy (non-hydrogen) atoms. The van der Waals surface area contributed by atoms with Crippen molar-refractivity contribution < 1.29 is 26.0 Å². The molecule has 1 aromatic heterocycles. The molecule has 0 fully saturated rings. The molecule has 0 bridgehead atoms. The van der Waals surface area contributed by atoms with Crippen molar-refractivity contribution in [1.82, 2.24) is 9.97 Å². The fourth-order valence-electron chi connectivity index (χ4n) is 2.57. The summed E-state index contributed by atoms with van der Waals surface area (Å²) in [5.41, 5.74) is 0.228. The van der Waals surface area contributed by atoms with Gasteiger partial charge in [-0.25, -0.2) is 17.8 Å². The van der Waals surface area contributed by atoms with Crippen LogP contribution in [-0.4, -0.2) is 24.6 Å². The third kappa shape index (κ3) is 4.31. The second kappa shape index (κ2) is 7.27. The van der Waals surface area contributed by atoms with Gasteiger partial charge in [0, 0.05) is 26.3 Å². The van der Waals surface area contributed by atoms with Crippen LogP contribution in [0.2, 0.25) is 0 Å². The second-order valence-corrected chi connectivity index (χ2v) is 9.70. The fourth-order valence-corrected chi connectivity index (χ4v) is 4.59. The highest BCUT2D eigenvalue weighted by Crippen LogP contribution is 2.38. The standard InChI is InChI=1S/C17H10Br2F4N2O2S/c1-28(26,27)13-3-2-8(6-12(13)20)14-15(25-16(24-14)17(21,22)23)9-4-10(18)7-11(19)5-9/h2-7H,1H3,(H,24,25). The Kier molecular flexibility index (Phi) is 5.45. The lowest BCUT2D eigenvalue weighted by atomic mass is 10.1. The lowest BCUT2D eigenvalue weighted by molar-refractivity contribution is -0.144. The third-order valence-corrected chi connectivity index (χ3v) is 5.77. The van der Waals surface area contributed by atoms with Gasteiger partial charge >= 0.3 is 6.18 Å². The van der Waals surface area contributed by atoms with Crippen LogP contribution in [0.5, 0.6) is 0 Å². The van der Waals surface area contributed by atoms with E-state index in [0.717, 1.165) is 18.4 Å². The van der Waals surface area contributed by atoms with E-state index in [0.29, 0.717) is 14.5 Å². The van der Waals surface area contributed by atoms with Gasteiger partial charge in [-0.1, -0.05) is 37.9 Å². The summed E-state index contributed by atoms with van der Waals surface area (Å²) in [6.45, 7) is 0. The van der Waals surface area contributed by atoms with E-state index in [9.17, 15) is 26.0 Å². The van der Waals surface area contributed by atoms with Crippen LogP contribution in [0.4, 0.5) is 17.6 Å². The molecule has 0 unspecified atom stereocenters. The van der Waals surface area contributed by atoms with Gasteiger partial charge < -0.3 is 4.98 Å². The highest BCUT2D eigenvalue weighted by Gasteiger charge is 2.36. The first-order chi connectivity index (χ1) is 12.9. The number of aromatic amines is 1. The molecular weight excluding hydrogens is 532 g/mol. The van der Waals surface area contributed by atoms with E-state index in [1.54, 1.807) is 18.2 Å². The molecule has 4 nitrogen and oxygen atoms in total. The Morgan fingerprint density at radius 1 is 1.00 bits per heavy atom. The average molecular weight is 542 g/mol. The van der Waals surface area contributed by atoms with Crippen LogP contribution < -0.4 is 0 Å². The Morgan fingerprint density at radius 3 is 2.11 bits per heavy atom. The summed E-state index contributed by atoms with van der Waals surface area (Å²) in [6.07, 6.45) is -3.91. The van der Waals surface area contributed by atoms with E-state index in [1.165, 1.54) is 6.07 Å². The zero-order valence-corrected chi connectivity index (χ0v) is 17.9. The summed E-state index contributed by atoms with van der Waals surface area (Å²) < 4.78 is 78.3. The lowest BCUT2D eigenvalue weighted by Crippen LogP contribution is -2.07. The number of hydrogen-bond acceptors (Lipinski definition) is 3. The van der Waals surface area contributed by atoms with Gasteiger partial charge in [-0.2, -0.15) is 13.2 Å². The number of rotatable bonds is 3. The third-order valence-electron chi connectivity index (χ3n) is 3.73. The molecule has 148 valence electrons. The van der Waals surface area contributed by atoms with Crippen LogP contribution in [0.15, 0.2) is 50.2 Å². The van der Waals surface area contributed by atoms with Crippen molar-refractivity contribution >= 4 is 41.7 Å². The summed E-state index contributed by atoms with van der Waals surface area (Å²) in [4.78, 5) is 5.28. The number of nitrogens with one attached hydrogen (secondary N) is 1. The van der Waals surface area contributed by atoms with E-state index in [1.807, 2.05) is 0 Å². The van der Waals surface area contributed by atoms with Gasteiger partial charge in [0.15, 0.2) is 9.84 Å². The molecule has 0 aliphatic rings. The van der Waals surface area contributed by atoms with E-state index in [-0.39, 0.29) is 17.0 Å². The summed E-state index contributed by atoms with van der Waals surface area (Å²) >= 11 is 6.53. The first-order valence-electron chi connectivity index (χ1n) is 7.50. The molecule has 0 aliphatic heterocycles. The minimum Gasteiger partial charge on any atom is -0.334 e. The average Bonchev–Trinajstić information content (AvgIpc) is 2.98. The van der Waals surface area contributed by atoms with Gasteiger partial charge in [0.1, 0.15) is 10.7 Å². The van der Waals surface area contributed by atoms with Gasteiger partial charge in [-0.05, 0) is 30.3 Å². The number of alkyl halides is 3. The summed E-state index contributed by atoms with van der Waals surface area (Å²) in [7, 11) is -3.82. The first-order valence-corrected chi connectivity index (χ1v) is 11.0. The summed E-state index contributed by atoms with van der Waals surface area (Å²) in [6, 6.07) is 7.91. The molecule has 1 heterocycles. The molecule has 0 saturated heterocycles. The highest BCUT2D eigenvalue weighted by atomic mass is 79.9. The van der Waals surface area contributed by atoms with Crippen molar-refractivity contribution in [2.45, 2.75) is 11.1 Å². The molecule has 3 aromatic rings. The van der Waals surface area contributed by atoms with Crippen LogP contribution >= 0.6 is 31.9 Å². The van der Waals surface area contributed by atoms with Crippen molar-refractivity contribution in [2.24, 2.45) is 0 Å². The van der Waals surface area contributed by atoms with E-state index >= 15 is 0 Å². The normalized spacial score (nSPS) is 12.4. The monoisotopic (exact) mass is 540 g/mol. The van der Waals surface area contributed by atoms with E-state index in [2.05, 4.69) is 41.8 Å².